The predicted molar refractivity (Wildman–Crippen MR) is 140 cm³/mol. The van der Waals surface area contributed by atoms with Crippen LogP contribution in [-0.2, 0) is 6.42 Å². The third-order valence-electron chi connectivity index (χ3n) is 6.09. The van der Waals surface area contributed by atoms with Crippen molar-refractivity contribution in [2.45, 2.75) is 46.1 Å². The van der Waals surface area contributed by atoms with E-state index in [1.54, 1.807) is 5.48 Å². The summed E-state index contributed by atoms with van der Waals surface area (Å²) in [6.07, 6.45) is 0.828. The largest absolute Gasteiger partial charge is 0.494 e. The monoisotopic (exact) mass is 493 g/mol. The Morgan fingerprint density at radius 3 is 2.39 bits per heavy atom. The first-order valence-electron chi connectivity index (χ1n) is 12.0. The van der Waals surface area contributed by atoms with Gasteiger partial charge in [0.1, 0.15) is 5.75 Å². The van der Waals surface area contributed by atoms with Crippen LogP contribution in [0.15, 0.2) is 71.9 Å². The summed E-state index contributed by atoms with van der Waals surface area (Å²) in [6.45, 7) is 6.61. The van der Waals surface area contributed by atoms with Crippen molar-refractivity contribution in [3.8, 4) is 5.75 Å². The second-order valence-electron chi connectivity index (χ2n) is 9.86. The standard InChI is InChI=1S/C28H35N3O5/c1-28(2,3)26(31(27(32)33)16-15-25(29-34)30-35)23-12-11-22-19-24(14-13-21(22)18-23)36-17-7-10-20-8-5-4-6-9-20/h4-6,8-9,11-14,18-19,26,34-35H,7,10,15-17H2,1-3H3,(H,29,30)(H,32,33). The first-order valence-corrected chi connectivity index (χ1v) is 12.0. The minimum absolute atomic E-state index is 0.0322. The molecule has 0 aliphatic heterocycles. The summed E-state index contributed by atoms with van der Waals surface area (Å²) in [5.74, 6) is 0.693. The number of rotatable bonds is 10. The van der Waals surface area contributed by atoms with Crippen LogP contribution < -0.4 is 10.2 Å². The molecule has 0 spiro atoms. The Balaban J connectivity index is 1.76. The summed E-state index contributed by atoms with van der Waals surface area (Å²) in [5, 5.41) is 32.9. The second kappa shape index (κ2) is 12.3. The lowest BCUT2D eigenvalue weighted by Crippen LogP contribution is -2.42. The van der Waals surface area contributed by atoms with Gasteiger partial charge < -0.3 is 20.0 Å². The Morgan fingerprint density at radius 2 is 1.75 bits per heavy atom. The smallest absolute Gasteiger partial charge is 0.407 e. The van der Waals surface area contributed by atoms with Crippen LogP contribution in [0.5, 0.6) is 5.75 Å². The molecule has 1 amide bonds. The van der Waals surface area contributed by atoms with E-state index in [0.717, 1.165) is 34.9 Å². The molecular formula is C28H35N3O5. The lowest BCUT2D eigenvalue weighted by molar-refractivity contribution is 0.0827. The van der Waals surface area contributed by atoms with Crippen molar-refractivity contribution in [2.24, 2.45) is 10.6 Å². The van der Waals surface area contributed by atoms with Crippen LogP contribution in [0, 0.1) is 5.41 Å². The van der Waals surface area contributed by atoms with Gasteiger partial charge in [-0.2, -0.15) is 0 Å². The molecular weight excluding hydrogens is 458 g/mol. The lowest BCUT2D eigenvalue weighted by atomic mass is 9.80. The third kappa shape index (κ3) is 7.11. The predicted octanol–water partition coefficient (Wildman–Crippen LogP) is 6.08. The van der Waals surface area contributed by atoms with Gasteiger partial charge in [-0.3, -0.25) is 10.7 Å². The highest BCUT2D eigenvalue weighted by molar-refractivity contribution is 5.85. The van der Waals surface area contributed by atoms with Crippen molar-refractivity contribution in [3.05, 3.63) is 77.9 Å². The number of ether oxygens (including phenoxy) is 1. The molecule has 8 heteroatoms. The van der Waals surface area contributed by atoms with E-state index in [1.807, 2.05) is 75.4 Å². The van der Waals surface area contributed by atoms with Gasteiger partial charge in [0.15, 0.2) is 5.84 Å². The minimum Gasteiger partial charge on any atom is -0.494 e. The van der Waals surface area contributed by atoms with E-state index in [2.05, 4.69) is 17.3 Å². The van der Waals surface area contributed by atoms with Gasteiger partial charge in [0, 0.05) is 13.0 Å². The highest BCUT2D eigenvalue weighted by Crippen LogP contribution is 2.39. The van der Waals surface area contributed by atoms with Crippen LogP contribution in [0.3, 0.4) is 0 Å². The first kappa shape index (κ1) is 26.8. The summed E-state index contributed by atoms with van der Waals surface area (Å²) in [4.78, 5) is 13.5. The first-order chi connectivity index (χ1) is 17.2. The molecule has 3 aromatic carbocycles. The SMILES string of the molecule is CC(C)(C)C(c1ccc2cc(OCCCc3ccccc3)ccc2c1)N(CCC(=NO)NO)C(=O)O. The Labute approximate surface area is 211 Å². The molecule has 0 aliphatic rings. The number of fused-ring (bicyclic) bond motifs is 1. The number of carbonyl (C=O) groups is 1. The zero-order chi connectivity index (χ0) is 26.1. The summed E-state index contributed by atoms with van der Waals surface area (Å²) in [6, 6.07) is 21.7. The van der Waals surface area contributed by atoms with Gasteiger partial charge in [-0.1, -0.05) is 74.5 Å². The third-order valence-corrected chi connectivity index (χ3v) is 6.09. The Kier molecular flexibility index (Phi) is 9.13. The van der Waals surface area contributed by atoms with Gasteiger partial charge in [-0.25, -0.2) is 4.79 Å². The number of nitrogens with one attached hydrogen (secondary N) is 1. The number of carboxylic acid groups (broad SMARTS) is 1. The van der Waals surface area contributed by atoms with E-state index >= 15 is 0 Å². The minimum atomic E-state index is -1.09. The van der Waals surface area contributed by atoms with Crippen molar-refractivity contribution in [3.63, 3.8) is 0 Å². The summed E-state index contributed by atoms with van der Waals surface area (Å²) in [5.41, 5.74) is 3.52. The van der Waals surface area contributed by atoms with Gasteiger partial charge >= 0.3 is 6.09 Å². The number of oxime groups is 1. The maximum absolute atomic E-state index is 12.2. The maximum atomic E-state index is 12.2. The Hall–Kier alpha value is -3.78. The molecule has 36 heavy (non-hydrogen) atoms. The highest BCUT2D eigenvalue weighted by atomic mass is 16.5. The summed E-state index contributed by atoms with van der Waals surface area (Å²) < 4.78 is 5.97. The molecule has 1 atom stereocenters. The van der Waals surface area contributed by atoms with Crippen molar-refractivity contribution >= 4 is 22.7 Å². The van der Waals surface area contributed by atoms with Crippen molar-refractivity contribution < 1.29 is 25.1 Å². The zero-order valence-electron chi connectivity index (χ0n) is 21.0. The average molecular weight is 494 g/mol. The van der Waals surface area contributed by atoms with Crippen molar-refractivity contribution in [1.29, 1.82) is 0 Å². The number of benzene rings is 3. The van der Waals surface area contributed by atoms with Crippen LogP contribution in [0.1, 0.15) is 50.8 Å². The van der Waals surface area contributed by atoms with Crippen LogP contribution in [0.25, 0.3) is 10.8 Å². The molecule has 0 saturated heterocycles. The van der Waals surface area contributed by atoms with Gasteiger partial charge in [0.2, 0.25) is 0 Å². The van der Waals surface area contributed by atoms with E-state index in [4.69, 9.17) is 15.2 Å². The second-order valence-corrected chi connectivity index (χ2v) is 9.86. The molecule has 8 nitrogen and oxygen atoms in total. The zero-order valence-corrected chi connectivity index (χ0v) is 21.0. The molecule has 0 aliphatic carbocycles. The molecule has 0 saturated carbocycles. The average Bonchev–Trinajstić information content (AvgIpc) is 2.86. The number of nitrogens with zero attached hydrogens (tertiary/aromatic N) is 2. The molecule has 0 fully saturated rings. The van der Waals surface area contributed by atoms with E-state index in [-0.39, 0.29) is 18.8 Å². The number of aryl methyl sites for hydroxylation is 1. The molecule has 1 unspecified atom stereocenters. The van der Waals surface area contributed by atoms with Crippen LogP contribution in [-0.4, -0.2) is 45.5 Å². The fraction of sp³-hybridized carbons (Fsp3) is 0.357. The number of amidine groups is 1. The summed E-state index contributed by atoms with van der Waals surface area (Å²) >= 11 is 0. The van der Waals surface area contributed by atoms with E-state index in [9.17, 15) is 9.90 Å². The van der Waals surface area contributed by atoms with E-state index in [0.29, 0.717) is 6.61 Å². The molecule has 0 bridgehead atoms. The van der Waals surface area contributed by atoms with Crippen LogP contribution in [0.4, 0.5) is 4.79 Å². The quantitative estimate of drug-likeness (QED) is 0.0895. The number of hydroxylamine groups is 1. The maximum Gasteiger partial charge on any atom is 0.407 e. The fourth-order valence-electron chi connectivity index (χ4n) is 4.45. The number of hydrogen-bond donors (Lipinski definition) is 4. The fourth-order valence-corrected chi connectivity index (χ4v) is 4.45. The molecule has 192 valence electrons. The van der Waals surface area contributed by atoms with Crippen molar-refractivity contribution in [1.82, 2.24) is 10.4 Å². The lowest BCUT2D eigenvalue weighted by Gasteiger charge is -2.39. The Morgan fingerprint density at radius 1 is 1.06 bits per heavy atom. The van der Waals surface area contributed by atoms with Gasteiger partial charge in [0.25, 0.3) is 0 Å². The normalized spacial score (nSPS) is 12.8. The Bertz CT molecular complexity index is 1170. The number of amides is 1. The van der Waals surface area contributed by atoms with Gasteiger partial charge in [-0.15, -0.1) is 0 Å². The van der Waals surface area contributed by atoms with Gasteiger partial charge in [-0.05, 0) is 58.4 Å². The molecule has 0 aromatic heterocycles. The molecule has 4 N–H and O–H groups in total. The van der Waals surface area contributed by atoms with E-state index < -0.39 is 17.6 Å². The highest BCUT2D eigenvalue weighted by Gasteiger charge is 2.35. The van der Waals surface area contributed by atoms with Crippen molar-refractivity contribution in [2.75, 3.05) is 13.2 Å². The van der Waals surface area contributed by atoms with Gasteiger partial charge in [0.05, 0.1) is 12.6 Å². The molecule has 3 rings (SSSR count). The van der Waals surface area contributed by atoms with Crippen LogP contribution >= 0.6 is 0 Å². The summed E-state index contributed by atoms with van der Waals surface area (Å²) in [7, 11) is 0. The topological polar surface area (TPSA) is 115 Å². The molecule has 0 heterocycles. The number of hydrogen-bond acceptors (Lipinski definition) is 5. The van der Waals surface area contributed by atoms with E-state index in [1.165, 1.54) is 10.5 Å². The van der Waals surface area contributed by atoms with Crippen LogP contribution in [0.2, 0.25) is 0 Å². The molecule has 0 radical (unpaired) electrons. The molecule has 3 aromatic rings.